The number of para-hydroxylation sites is 1. The highest BCUT2D eigenvalue weighted by Crippen LogP contribution is 2.45. The maximum atomic E-state index is 6.68. The molecule has 8 aromatic carbocycles. The molecule has 0 saturated heterocycles. The van der Waals surface area contributed by atoms with E-state index in [-0.39, 0.29) is 0 Å². The van der Waals surface area contributed by atoms with Crippen LogP contribution in [0.2, 0.25) is 0 Å². The molecular weight excluding hydrogens is 717 g/mol. The van der Waals surface area contributed by atoms with Crippen molar-refractivity contribution in [2.24, 2.45) is 0 Å². The van der Waals surface area contributed by atoms with Gasteiger partial charge in [-0.15, -0.1) is 11.3 Å². The summed E-state index contributed by atoms with van der Waals surface area (Å²) in [5.74, 6) is 1.84. The lowest BCUT2D eigenvalue weighted by molar-refractivity contribution is 0.669. The van der Waals surface area contributed by atoms with Gasteiger partial charge < -0.3 is 9.32 Å². The fourth-order valence-corrected chi connectivity index (χ4v) is 9.07. The average Bonchev–Trinajstić information content (AvgIpc) is 3.85. The number of furan rings is 1. The molecule has 0 N–H and O–H groups in total. The van der Waals surface area contributed by atoms with Crippen LogP contribution in [0.3, 0.4) is 0 Å². The summed E-state index contributed by atoms with van der Waals surface area (Å²) >= 11 is 1.83. The van der Waals surface area contributed by atoms with Crippen LogP contribution in [0, 0.1) is 0 Å². The van der Waals surface area contributed by atoms with E-state index in [1.807, 2.05) is 84.1 Å². The summed E-state index contributed by atoms with van der Waals surface area (Å²) in [6.07, 6.45) is 0. The Balaban J connectivity index is 1.06. The van der Waals surface area contributed by atoms with Crippen LogP contribution >= 0.6 is 11.3 Å². The lowest BCUT2D eigenvalue weighted by atomic mass is 9.99. The Kier molecular flexibility index (Phi) is 7.93. The summed E-state index contributed by atoms with van der Waals surface area (Å²) in [6.45, 7) is 0. The third kappa shape index (κ3) is 5.82. The molecule has 11 rings (SSSR count). The zero-order valence-electron chi connectivity index (χ0n) is 30.6. The molecule has 0 unspecified atom stereocenters. The first-order valence-corrected chi connectivity index (χ1v) is 19.8. The maximum absolute atomic E-state index is 6.68. The highest BCUT2D eigenvalue weighted by molar-refractivity contribution is 7.26. The predicted molar refractivity (Wildman–Crippen MR) is 236 cm³/mol. The van der Waals surface area contributed by atoms with Crippen LogP contribution in [-0.2, 0) is 0 Å². The van der Waals surface area contributed by atoms with Crippen molar-refractivity contribution in [3.05, 3.63) is 194 Å². The van der Waals surface area contributed by atoms with Crippen LogP contribution < -0.4 is 4.90 Å². The molecule has 5 nitrogen and oxygen atoms in total. The molecule has 3 heterocycles. The minimum atomic E-state index is 0.595. The van der Waals surface area contributed by atoms with E-state index >= 15 is 0 Å². The molecule has 0 saturated carbocycles. The van der Waals surface area contributed by atoms with Crippen LogP contribution in [0.1, 0.15) is 0 Å². The van der Waals surface area contributed by atoms with Crippen molar-refractivity contribution >= 4 is 70.5 Å². The first-order chi connectivity index (χ1) is 28.2. The van der Waals surface area contributed by atoms with Gasteiger partial charge in [0.05, 0.1) is 0 Å². The molecule has 268 valence electrons. The van der Waals surface area contributed by atoms with Gasteiger partial charge in [0.2, 0.25) is 0 Å². The number of thiophene rings is 1. The Hall–Kier alpha value is -7.41. The van der Waals surface area contributed by atoms with Crippen LogP contribution in [-0.4, -0.2) is 15.0 Å². The minimum absolute atomic E-state index is 0.595. The van der Waals surface area contributed by atoms with Gasteiger partial charge in [0.15, 0.2) is 17.5 Å². The van der Waals surface area contributed by atoms with Crippen LogP contribution in [0.4, 0.5) is 17.1 Å². The monoisotopic (exact) mass is 748 g/mol. The van der Waals surface area contributed by atoms with E-state index < -0.39 is 0 Å². The van der Waals surface area contributed by atoms with Crippen molar-refractivity contribution < 1.29 is 4.42 Å². The molecular formula is C51H32N4OS. The van der Waals surface area contributed by atoms with Crippen molar-refractivity contribution in [1.29, 1.82) is 0 Å². The second-order valence-electron chi connectivity index (χ2n) is 14.0. The van der Waals surface area contributed by atoms with Crippen molar-refractivity contribution in [2.75, 3.05) is 4.90 Å². The molecule has 57 heavy (non-hydrogen) atoms. The van der Waals surface area contributed by atoms with Gasteiger partial charge in [0.1, 0.15) is 11.2 Å². The summed E-state index contributed by atoms with van der Waals surface area (Å²) in [6, 6.07) is 67.4. The Labute approximate surface area is 332 Å². The molecule has 11 aromatic rings. The molecule has 0 aliphatic carbocycles. The van der Waals surface area contributed by atoms with E-state index in [1.54, 1.807) is 0 Å². The van der Waals surface area contributed by atoms with E-state index in [0.29, 0.717) is 17.5 Å². The van der Waals surface area contributed by atoms with Crippen molar-refractivity contribution in [2.45, 2.75) is 0 Å². The maximum Gasteiger partial charge on any atom is 0.164 e. The van der Waals surface area contributed by atoms with Crippen LogP contribution in [0.5, 0.6) is 0 Å². The lowest BCUT2D eigenvalue weighted by Crippen LogP contribution is -2.09. The summed E-state index contributed by atoms with van der Waals surface area (Å²) in [7, 11) is 0. The molecule has 0 atom stereocenters. The zero-order valence-corrected chi connectivity index (χ0v) is 31.4. The van der Waals surface area contributed by atoms with Crippen molar-refractivity contribution in [3.8, 4) is 45.3 Å². The third-order valence-electron chi connectivity index (χ3n) is 10.5. The van der Waals surface area contributed by atoms with Gasteiger partial charge in [-0.05, 0) is 59.7 Å². The summed E-state index contributed by atoms with van der Waals surface area (Å²) in [5, 5.41) is 4.52. The topological polar surface area (TPSA) is 55.1 Å². The second kappa shape index (κ2) is 13.7. The van der Waals surface area contributed by atoms with Gasteiger partial charge in [0, 0.05) is 70.8 Å². The minimum Gasteiger partial charge on any atom is -0.456 e. The van der Waals surface area contributed by atoms with Crippen molar-refractivity contribution in [3.63, 3.8) is 0 Å². The highest BCUT2D eigenvalue weighted by atomic mass is 32.1. The van der Waals surface area contributed by atoms with E-state index in [0.717, 1.165) is 55.7 Å². The normalized spacial score (nSPS) is 11.5. The molecule has 0 spiro atoms. The highest BCUT2D eigenvalue weighted by Gasteiger charge is 2.21. The number of hydrogen-bond acceptors (Lipinski definition) is 6. The Bertz CT molecular complexity index is 3180. The lowest BCUT2D eigenvalue weighted by Gasteiger charge is -2.25. The number of nitrogens with zero attached hydrogens (tertiary/aromatic N) is 4. The van der Waals surface area contributed by atoms with Gasteiger partial charge in [-0.3, -0.25) is 0 Å². The Morgan fingerprint density at radius 1 is 0.368 bits per heavy atom. The van der Waals surface area contributed by atoms with Crippen LogP contribution in [0.25, 0.3) is 87.4 Å². The Morgan fingerprint density at radius 3 is 1.61 bits per heavy atom. The molecule has 6 heteroatoms. The standard InChI is InChI=1S/C51H32N4OS/c1-5-15-33(16-6-1)39-23-14-26-45-48(39)41-30-28-38(32-46(41)57-45)55(36-21-11-4-12-22-36)37-27-29-40-44(31-37)56-43-25-13-24-42(47(40)43)51-53-49(34-17-7-2-8-18-34)52-50(54-51)35-19-9-3-10-20-35/h1-32H. The molecule has 0 aliphatic heterocycles. The van der Waals surface area contributed by atoms with Gasteiger partial charge in [-0.25, -0.2) is 15.0 Å². The number of aromatic nitrogens is 3. The second-order valence-corrected chi connectivity index (χ2v) is 15.1. The summed E-state index contributed by atoms with van der Waals surface area (Å²) < 4.78 is 9.19. The molecule has 0 amide bonds. The molecule has 3 aromatic heterocycles. The first-order valence-electron chi connectivity index (χ1n) is 18.9. The van der Waals surface area contributed by atoms with E-state index in [9.17, 15) is 0 Å². The number of benzene rings is 8. The quantitative estimate of drug-likeness (QED) is 0.162. The summed E-state index contributed by atoms with van der Waals surface area (Å²) in [5.41, 5.74) is 9.92. The van der Waals surface area contributed by atoms with Gasteiger partial charge >= 0.3 is 0 Å². The smallest absolute Gasteiger partial charge is 0.164 e. The fraction of sp³-hybridized carbons (Fsp3) is 0. The van der Waals surface area contributed by atoms with Gasteiger partial charge in [-0.1, -0.05) is 140 Å². The largest absolute Gasteiger partial charge is 0.456 e. The number of rotatable bonds is 7. The molecule has 0 radical (unpaired) electrons. The van der Waals surface area contributed by atoms with Crippen LogP contribution in [0.15, 0.2) is 199 Å². The van der Waals surface area contributed by atoms with E-state index in [2.05, 4.69) is 126 Å². The Morgan fingerprint density at radius 2 is 0.930 bits per heavy atom. The zero-order chi connectivity index (χ0) is 37.7. The number of anilines is 3. The van der Waals surface area contributed by atoms with Gasteiger partial charge in [-0.2, -0.15) is 0 Å². The fourth-order valence-electron chi connectivity index (χ4n) is 7.91. The SMILES string of the molecule is c1ccc(-c2nc(-c3ccccc3)nc(-c3cccc4oc5cc(N(c6ccccc6)c6ccc7c(c6)sc6cccc(-c8ccccc8)c67)ccc5c34)n2)cc1. The predicted octanol–water partition coefficient (Wildman–Crippen LogP) is 14.3. The number of hydrogen-bond donors (Lipinski definition) is 0. The first kappa shape index (κ1) is 33.0. The van der Waals surface area contributed by atoms with E-state index in [1.165, 1.54) is 31.3 Å². The average molecular weight is 749 g/mol. The van der Waals surface area contributed by atoms with E-state index in [4.69, 9.17) is 19.4 Å². The summed E-state index contributed by atoms with van der Waals surface area (Å²) in [4.78, 5) is 17.3. The number of fused-ring (bicyclic) bond motifs is 6. The van der Waals surface area contributed by atoms with Crippen molar-refractivity contribution in [1.82, 2.24) is 15.0 Å². The van der Waals surface area contributed by atoms with Gasteiger partial charge in [0.25, 0.3) is 0 Å². The molecule has 0 fully saturated rings. The molecule has 0 aliphatic rings. The molecule has 0 bridgehead atoms. The third-order valence-corrected chi connectivity index (χ3v) is 11.6.